The van der Waals surface area contributed by atoms with Crippen LogP contribution in [-0.2, 0) is 4.79 Å². The van der Waals surface area contributed by atoms with Crippen LogP contribution in [0.5, 0.6) is 0 Å². The summed E-state index contributed by atoms with van der Waals surface area (Å²) in [5.41, 5.74) is 5.74. The molecule has 6 heteroatoms. The Kier molecular flexibility index (Phi) is 12.7. The van der Waals surface area contributed by atoms with Crippen LogP contribution in [0, 0.1) is 0 Å². The third-order valence-electron chi connectivity index (χ3n) is 2.62. The van der Waals surface area contributed by atoms with Crippen LogP contribution in [-0.4, -0.2) is 55.0 Å². The number of thioether (sulfide) groups is 1. The zero-order valence-electron chi connectivity index (χ0n) is 11.2. The number of rotatable bonds is 8. The van der Waals surface area contributed by atoms with Crippen molar-refractivity contribution in [1.82, 2.24) is 10.2 Å². The predicted octanol–water partition coefficient (Wildman–Crippen LogP) is 0.945. The molecule has 0 aromatic rings. The number of nitrogens with zero attached hydrogens (tertiary/aromatic N) is 1. The van der Waals surface area contributed by atoms with Crippen molar-refractivity contribution in [2.45, 2.75) is 32.4 Å². The summed E-state index contributed by atoms with van der Waals surface area (Å²) in [5, 5.41) is 2.86. The summed E-state index contributed by atoms with van der Waals surface area (Å²) in [4.78, 5) is 13.7. The fraction of sp³-hybridized carbons (Fsp3) is 0.909. The van der Waals surface area contributed by atoms with Crippen molar-refractivity contribution < 1.29 is 4.79 Å². The molecule has 0 aliphatic rings. The first-order chi connectivity index (χ1) is 7.49. The quantitative estimate of drug-likeness (QED) is 0.696. The normalized spacial score (nSPS) is 12.4. The Bertz CT molecular complexity index is 205. The molecule has 0 aliphatic carbocycles. The Morgan fingerprint density at radius 3 is 2.53 bits per heavy atom. The maximum Gasteiger partial charge on any atom is 0.236 e. The van der Waals surface area contributed by atoms with Crippen molar-refractivity contribution in [1.29, 1.82) is 0 Å². The Morgan fingerprint density at radius 2 is 2.06 bits per heavy atom. The minimum Gasteiger partial charge on any atom is -0.353 e. The van der Waals surface area contributed by atoms with Crippen molar-refractivity contribution in [3.05, 3.63) is 0 Å². The maximum absolute atomic E-state index is 11.5. The SMILES string of the molecule is CSCC[C@H](N)C(=O)NCCN(C)C(C)C.Cl. The molecule has 0 saturated heterocycles. The van der Waals surface area contributed by atoms with E-state index in [2.05, 4.69) is 24.1 Å². The Hall–Kier alpha value is 0.0300. The van der Waals surface area contributed by atoms with Gasteiger partial charge < -0.3 is 16.0 Å². The molecule has 1 amide bonds. The van der Waals surface area contributed by atoms with Gasteiger partial charge in [-0.1, -0.05) is 0 Å². The number of halogens is 1. The number of carbonyl (C=O) groups is 1. The average Bonchev–Trinajstić information content (AvgIpc) is 2.25. The van der Waals surface area contributed by atoms with Crippen LogP contribution in [0.1, 0.15) is 20.3 Å². The molecule has 3 N–H and O–H groups in total. The zero-order valence-corrected chi connectivity index (χ0v) is 12.9. The van der Waals surface area contributed by atoms with Crippen molar-refractivity contribution in [2.24, 2.45) is 5.73 Å². The topological polar surface area (TPSA) is 58.4 Å². The number of carbonyl (C=O) groups excluding carboxylic acids is 1. The van der Waals surface area contributed by atoms with E-state index < -0.39 is 0 Å². The van der Waals surface area contributed by atoms with Crippen molar-refractivity contribution >= 4 is 30.1 Å². The molecule has 0 fully saturated rings. The predicted molar refractivity (Wildman–Crippen MR) is 79.0 cm³/mol. The first-order valence-corrected chi connectivity index (χ1v) is 7.11. The minimum atomic E-state index is -0.364. The van der Waals surface area contributed by atoms with Gasteiger partial charge in [0.25, 0.3) is 0 Å². The number of hydrogen-bond donors (Lipinski definition) is 2. The first-order valence-electron chi connectivity index (χ1n) is 5.71. The van der Waals surface area contributed by atoms with Crippen molar-refractivity contribution in [3.8, 4) is 0 Å². The Morgan fingerprint density at radius 1 is 1.47 bits per heavy atom. The van der Waals surface area contributed by atoms with E-state index >= 15 is 0 Å². The second-order valence-electron chi connectivity index (χ2n) is 4.25. The zero-order chi connectivity index (χ0) is 12.6. The summed E-state index contributed by atoms with van der Waals surface area (Å²) in [7, 11) is 2.05. The molecule has 0 unspecified atom stereocenters. The number of hydrogen-bond acceptors (Lipinski definition) is 4. The highest BCUT2D eigenvalue weighted by Gasteiger charge is 2.12. The molecule has 0 aromatic carbocycles. The molecular formula is C11H26ClN3OS. The molecule has 0 radical (unpaired) electrons. The fourth-order valence-corrected chi connectivity index (χ4v) is 1.61. The van der Waals surface area contributed by atoms with Crippen LogP contribution in [0.4, 0.5) is 0 Å². The van der Waals surface area contributed by atoms with Crippen molar-refractivity contribution in [2.75, 3.05) is 32.1 Å². The van der Waals surface area contributed by atoms with E-state index in [1.54, 1.807) is 11.8 Å². The molecule has 1 atom stereocenters. The summed E-state index contributed by atoms with van der Waals surface area (Å²) in [6.07, 6.45) is 2.76. The third kappa shape index (κ3) is 9.71. The van der Waals surface area contributed by atoms with Crippen LogP contribution in [0.15, 0.2) is 0 Å². The highest BCUT2D eigenvalue weighted by Crippen LogP contribution is 1.98. The van der Waals surface area contributed by atoms with Gasteiger partial charge in [-0.25, -0.2) is 0 Å². The van der Waals surface area contributed by atoms with Crippen LogP contribution in [0.25, 0.3) is 0 Å². The van der Waals surface area contributed by atoms with Gasteiger partial charge in [0.15, 0.2) is 0 Å². The lowest BCUT2D eigenvalue weighted by Gasteiger charge is -2.21. The molecular weight excluding hydrogens is 258 g/mol. The lowest BCUT2D eigenvalue weighted by molar-refractivity contribution is -0.122. The molecule has 0 bridgehead atoms. The van der Waals surface area contributed by atoms with E-state index in [0.717, 1.165) is 18.7 Å². The van der Waals surface area contributed by atoms with Gasteiger partial charge in [-0.3, -0.25) is 4.79 Å². The Balaban J connectivity index is 0. The smallest absolute Gasteiger partial charge is 0.236 e. The van der Waals surface area contributed by atoms with Gasteiger partial charge >= 0.3 is 0 Å². The molecule has 104 valence electrons. The summed E-state index contributed by atoms with van der Waals surface area (Å²) in [6.45, 7) is 5.79. The Labute approximate surface area is 115 Å². The lowest BCUT2D eigenvalue weighted by Crippen LogP contribution is -2.44. The molecule has 0 spiro atoms. The maximum atomic E-state index is 11.5. The van der Waals surface area contributed by atoms with E-state index in [0.29, 0.717) is 12.6 Å². The molecule has 4 nitrogen and oxygen atoms in total. The average molecular weight is 284 g/mol. The van der Waals surface area contributed by atoms with Crippen LogP contribution in [0.3, 0.4) is 0 Å². The summed E-state index contributed by atoms with van der Waals surface area (Å²) in [5.74, 6) is 0.895. The second kappa shape index (κ2) is 11.1. The lowest BCUT2D eigenvalue weighted by atomic mass is 10.2. The van der Waals surface area contributed by atoms with Gasteiger partial charge in [0, 0.05) is 19.1 Å². The summed E-state index contributed by atoms with van der Waals surface area (Å²) >= 11 is 1.71. The third-order valence-corrected chi connectivity index (χ3v) is 3.26. The number of likely N-dealkylation sites (N-methyl/N-ethyl adjacent to an activating group) is 1. The molecule has 0 aromatic heterocycles. The van der Waals surface area contributed by atoms with E-state index in [1.165, 1.54) is 0 Å². The van der Waals surface area contributed by atoms with Gasteiger partial charge in [0.1, 0.15) is 0 Å². The van der Waals surface area contributed by atoms with Crippen LogP contribution < -0.4 is 11.1 Å². The van der Waals surface area contributed by atoms with Gasteiger partial charge in [0.2, 0.25) is 5.91 Å². The van der Waals surface area contributed by atoms with Gasteiger partial charge in [-0.05, 0) is 39.3 Å². The first kappa shape index (κ1) is 19.4. The van der Waals surface area contributed by atoms with Crippen LogP contribution in [0.2, 0.25) is 0 Å². The largest absolute Gasteiger partial charge is 0.353 e. The van der Waals surface area contributed by atoms with Crippen molar-refractivity contribution in [3.63, 3.8) is 0 Å². The molecule has 0 aliphatic heterocycles. The van der Waals surface area contributed by atoms with Gasteiger partial charge in [0.05, 0.1) is 6.04 Å². The highest BCUT2D eigenvalue weighted by atomic mass is 35.5. The number of nitrogens with one attached hydrogen (secondary N) is 1. The summed E-state index contributed by atoms with van der Waals surface area (Å²) in [6, 6.07) is 0.138. The molecule has 0 saturated carbocycles. The van der Waals surface area contributed by atoms with E-state index in [4.69, 9.17) is 5.73 Å². The molecule has 0 rings (SSSR count). The van der Waals surface area contributed by atoms with Crippen LogP contribution >= 0.6 is 24.2 Å². The highest BCUT2D eigenvalue weighted by molar-refractivity contribution is 7.98. The van der Waals surface area contributed by atoms with E-state index in [1.807, 2.05) is 13.3 Å². The van der Waals surface area contributed by atoms with E-state index in [9.17, 15) is 4.79 Å². The van der Waals surface area contributed by atoms with Gasteiger partial charge in [-0.15, -0.1) is 12.4 Å². The second-order valence-corrected chi connectivity index (χ2v) is 5.24. The standard InChI is InChI=1S/C11H25N3OS.ClH/c1-9(2)14(3)7-6-13-11(15)10(12)5-8-16-4;/h9-10H,5-8,12H2,1-4H3,(H,13,15);1H/t10-;/m0./s1. The number of amides is 1. The number of nitrogens with two attached hydrogens (primary N) is 1. The minimum absolute atomic E-state index is 0. The fourth-order valence-electron chi connectivity index (χ4n) is 1.12. The molecule has 17 heavy (non-hydrogen) atoms. The summed E-state index contributed by atoms with van der Waals surface area (Å²) < 4.78 is 0. The van der Waals surface area contributed by atoms with Gasteiger partial charge in [-0.2, -0.15) is 11.8 Å². The monoisotopic (exact) mass is 283 g/mol. The molecule has 0 heterocycles. The van der Waals surface area contributed by atoms with E-state index in [-0.39, 0.29) is 24.4 Å².